The summed E-state index contributed by atoms with van der Waals surface area (Å²) in [5.41, 5.74) is 1.94. The van der Waals surface area contributed by atoms with Gasteiger partial charge in [0.15, 0.2) is 16.6 Å². The Bertz CT molecular complexity index is 1190. The molecule has 0 saturated heterocycles. The molecular weight excluding hydrogens is 368 g/mol. The highest BCUT2D eigenvalue weighted by Crippen LogP contribution is 2.32. The predicted molar refractivity (Wildman–Crippen MR) is 102 cm³/mol. The number of fused-ring (bicyclic) bond motifs is 1. The van der Waals surface area contributed by atoms with Crippen LogP contribution in [0.15, 0.2) is 71.1 Å². The van der Waals surface area contributed by atoms with Crippen LogP contribution >= 0.6 is 22.9 Å². The molecule has 5 nitrogen and oxygen atoms in total. The van der Waals surface area contributed by atoms with Crippen molar-refractivity contribution in [1.82, 2.24) is 19.8 Å². The Labute approximate surface area is 157 Å². The molecule has 5 rings (SSSR count). The lowest BCUT2D eigenvalue weighted by Crippen LogP contribution is -1.90. The maximum atomic E-state index is 5.98. The fraction of sp³-hybridized carbons (Fsp3) is 0. The van der Waals surface area contributed by atoms with E-state index in [0.29, 0.717) is 16.6 Å². The molecule has 0 amide bonds. The van der Waals surface area contributed by atoms with E-state index < -0.39 is 0 Å². The molecule has 0 aliphatic heterocycles. The van der Waals surface area contributed by atoms with Crippen LogP contribution in [-0.2, 0) is 0 Å². The average Bonchev–Trinajstić information content (AvgIpc) is 3.38. The molecule has 0 fully saturated rings. The fourth-order valence-electron chi connectivity index (χ4n) is 2.71. The van der Waals surface area contributed by atoms with Gasteiger partial charge in [0.25, 0.3) is 0 Å². The van der Waals surface area contributed by atoms with Crippen LogP contribution in [0.3, 0.4) is 0 Å². The molecule has 126 valence electrons. The van der Waals surface area contributed by atoms with Gasteiger partial charge in [-0.15, -0.1) is 15.3 Å². The lowest BCUT2D eigenvalue weighted by Gasteiger charge is -1.97. The van der Waals surface area contributed by atoms with Crippen molar-refractivity contribution in [3.63, 3.8) is 0 Å². The lowest BCUT2D eigenvalue weighted by molar-refractivity contribution is 0.595. The molecule has 0 spiro atoms. The molecule has 3 aromatic heterocycles. The monoisotopic (exact) mass is 378 g/mol. The van der Waals surface area contributed by atoms with E-state index >= 15 is 0 Å². The largest absolute Gasteiger partial charge is 0.454 e. The average molecular weight is 379 g/mol. The molecule has 0 N–H and O–H groups in total. The number of hydrogen-bond donors (Lipinski definition) is 0. The van der Waals surface area contributed by atoms with Gasteiger partial charge in [-0.1, -0.05) is 53.3 Å². The van der Waals surface area contributed by atoms with E-state index in [1.165, 1.54) is 11.3 Å². The number of halogens is 1. The number of nitrogens with zero attached hydrogens (tertiary/aromatic N) is 4. The van der Waals surface area contributed by atoms with E-state index in [-0.39, 0.29) is 0 Å². The van der Waals surface area contributed by atoms with Gasteiger partial charge in [0.1, 0.15) is 5.76 Å². The van der Waals surface area contributed by atoms with E-state index in [0.717, 1.165) is 26.9 Å². The first-order valence-corrected chi connectivity index (χ1v) is 9.11. The minimum Gasteiger partial charge on any atom is -0.454 e. The van der Waals surface area contributed by atoms with Gasteiger partial charge >= 0.3 is 0 Å². The summed E-state index contributed by atoms with van der Waals surface area (Å²) >= 11 is 7.38. The minimum absolute atomic E-state index is 0.697. The minimum atomic E-state index is 0.697. The Morgan fingerprint density at radius 2 is 1.58 bits per heavy atom. The summed E-state index contributed by atoms with van der Waals surface area (Å²) in [7, 11) is 0. The summed E-state index contributed by atoms with van der Waals surface area (Å²) in [6.07, 6.45) is 0. The van der Waals surface area contributed by atoms with Gasteiger partial charge in [-0.3, -0.25) is 0 Å². The van der Waals surface area contributed by atoms with Crippen LogP contribution in [0.5, 0.6) is 0 Å². The van der Waals surface area contributed by atoms with Gasteiger partial charge < -0.3 is 4.42 Å². The Hall–Kier alpha value is -2.96. The molecule has 0 atom stereocenters. The quantitative estimate of drug-likeness (QED) is 0.420. The predicted octanol–water partition coefficient (Wildman–Crippen LogP) is 5.43. The van der Waals surface area contributed by atoms with Crippen molar-refractivity contribution >= 4 is 27.9 Å². The number of hydrogen-bond acceptors (Lipinski definition) is 5. The Balaban J connectivity index is 1.54. The molecule has 26 heavy (non-hydrogen) atoms. The highest BCUT2D eigenvalue weighted by atomic mass is 35.5. The first-order chi connectivity index (χ1) is 12.8. The molecule has 7 heteroatoms. The highest BCUT2D eigenvalue weighted by Gasteiger charge is 2.16. The van der Waals surface area contributed by atoms with Gasteiger partial charge in [0, 0.05) is 16.1 Å². The van der Waals surface area contributed by atoms with E-state index in [2.05, 4.69) is 15.3 Å². The summed E-state index contributed by atoms with van der Waals surface area (Å²) in [6.45, 7) is 0. The Morgan fingerprint density at radius 1 is 0.808 bits per heavy atom. The zero-order valence-electron chi connectivity index (χ0n) is 13.3. The van der Waals surface area contributed by atoms with E-state index in [1.54, 1.807) is 4.52 Å². The van der Waals surface area contributed by atoms with Crippen molar-refractivity contribution in [2.75, 3.05) is 0 Å². The summed E-state index contributed by atoms with van der Waals surface area (Å²) in [5, 5.41) is 14.6. The van der Waals surface area contributed by atoms with Crippen LogP contribution in [-0.4, -0.2) is 19.8 Å². The van der Waals surface area contributed by atoms with Gasteiger partial charge in [-0.05, 0) is 36.4 Å². The van der Waals surface area contributed by atoms with Crippen LogP contribution in [0.1, 0.15) is 0 Å². The smallest absolute Gasteiger partial charge is 0.235 e. The van der Waals surface area contributed by atoms with Crippen molar-refractivity contribution in [3.8, 4) is 33.5 Å². The number of furan rings is 1. The molecule has 0 unspecified atom stereocenters. The Morgan fingerprint density at radius 3 is 2.38 bits per heavy atom. The molecule has 0 saturated carbocycles. The van der Waals surface area contributed by atoms with Gasteiger partial charge in [-0.25, -0.2) is 0 Å². The zero-order valence-corrected chi connectivity index (χ0v) is 14.9. The lowest BCUT2D eigenvalue weighted by atomic mass is 10.2. The molecule has 0 bridgehead atoms. The molecule has 0 aliphatic rings. The highest BCUT2D eigenvalue weighted by molar-refractivity contribution is 7.19. The third-order valence-electron chi connectivity index (χ3n) is 3.97. The summed E-state index contributed by atoms with van der Waals surface area (Å²) in [5.74, 6) is 2.18. The topological polar surface area (TPSA) is 56.2 Å². The van der Waals surface area contributed by atoms with E-state index in [4.69, 9.17) is 16.0 Å². The third-order valence-corrected chi connectivity index (χ3v) is 5.13. The fourth-order valence-corrected chi connectivity index (χ4v) is 3.63. The van der Waals surface area contributed by atoms with Crippen molar-refractivity contribution in [3.05, 3.63) is 71.8 Å². The van der Waals surface area contributed by atoms with Gasteiger partial charge in [0.2, 0.25) is 4.96 Å². The summed E-state index contributed by atoms with van der Waals surface area (Å²) in [6, 6.07) is 21.3. The first kappa shape index (κ1) is 15.3. The molecule has 0 radical (unpaired) electrons. The third kappa shape index (κ3) is 2.60. The van der Waals surface area contributed by atoms with Crippen molar-refractivity contribution in [2.24, 2.45) is 0 Å². The number of aromatic nitrogens is 4. The molecule has 3 heterocycles. The zero-order chi connectivity index (χ0) is 17.5. The maximum absolute atomic E-state index is 5.98. The second kappa shape index (κ2) is 6.09. The molecular formula is C19H11ClN4OS. The standard InChI is InChI=1S/C19H11ClN4OS/c20-14-8-6-12(7-9-14)15-10-11-16(25-15)18-23-24-17(21-22-19(24)26-18)13-4-2-1-3-5-13/h1-11H. The Kier molecular flexibility index (Phi) is 3.58. The number of benzene rings is 2. The van der Waals surface area contributed by atoms with Crippen LogP contribution in [0, 0.1) is 0 Å². The van der Waals surface area contributed by atoms with E-state index in [1.807, 2.05) is 66.7 Å². The second-order valence-corrected chi connectivity index (χ2v) is 7.05. The summed E-state index contributed by atoms with van der Waals surface area (Å²) < 4.78 is 7.73. The number of rotatable bonds is 3. The normalized spacial score (nSPS) is 11.3. The van der Waals surface area contributed by atoms with Gasteiger partial charge in [0.05, 0.1) is 0 Å². The van der Waals surface area contributed by atoms with Gasteiger partial charge in [-0.2, -0.15) is 4.52 Å². The van der Waals surface area contributed by atoms with Crippen LogP contribution in [0.25, 0.3) is 38.4 Å². The summed E-state index contributed by atoms with van der Waals surface area (Å²) in [4.78, 5) is 0.725. The second-order valence-electron chi connectivity index (χ2n) is 5.66. The van der Waals surface area contributed by atoms with Crippen molar-refractivity contribution in [2.45, 2.75) is 0 Å². The van der Waals surface area contributed by atoms with Crippen LogP contribution < -0.4 is 0 Å². The van der Waals surface area contributed by atoms with Crippen molar-refractivity contribution < 1.29 is 4.42 Å². The maximum Gasteiger partial charge on any atom is 0.235 e. The van der Waals surface area contributed by atoms with Crippen LogP contribution in [0.4, 0.5) is 0 Å². The molecule has 0 aliphatic carbocycles. The SMILES string of the molecule is Clc1ccc(-c2ccc(-c3nn4c(-c5ccccc5)nnc4s3)o2)cc1. The van der Waals surface area contributed by atoms with E-state index in [9.17, 15) is 0 Å². The molecule has 5 aromatic rings. The molecule has 2 aromatic carbocycles. The first-order valence-electron chi connectivity index (χ1n) is 7.92. The van der Waals surface area contributed by atoms with Crippen molar-refractivity contribution in [1.29, 1.82) is 0 Å². The van der Waals surface area contributed by atoms with Crippen LogP contribution in [0.2, 0.25) is 5.02 Å².